The number of benzene rings is 1. The van der Waals surface area contributed by atoms with E-state index in [0.29, 0.717) is 11.6 Å². The van der Waals surface area contributed by atoms with Crippen molar-refractivity contribution in [3.05, 3.63) is 45.6 Å². The van der Waals surface area contributed by atoms with Crippen LogP contribution in [-0.4, -0.2) is 17.3 Å². The van der Waals surface area contributed by atoms with Crippen LogP contribution in [0.15, 0.2) is 30.3 Å². The Balaban J connectivity index is 2.07. The molecule has 2 aromatic rings. The second-order valence-corrected chi connectivity index (χ2v) is 5.72. The van der Waals surface area contributed by atoms with Crippen molar-refractivity contribution in [3.63, 3.8) is 0 Å². The SMILES string of the molecule is COC(=S)c1cc(NCc2cccc(O)c2)c(C)s1. The van der Waals surface area contributed by atoms with Crippen LogP contribution >= 0.6 is 23.6 Å². The number of ether oxygens (including phenoxy) is 1. The van der Waals surface area contributed by atoms with Crippen LogP contribution in [0.2, 0.25) is 0 Å². The molecule has 100 valence electrons. The Morgan fingerprint density at radius 2 is 2.21 bits per heavy atom. The van der Waals surface area contributed by atoms with Crippen molar-refractivity contribution in [1.82, 2.24) is 0 Å². The summed E-state index contributed by atoms with van der Waals surface area (Å²) in [5, 5.41) is 13.3. The Bertz CT molecular complexity index is 593. The van der Waals surface area contributed by atoms with Gasteiger partial charge in [0, 0.05) is 17.1 Å². The molecule has 0 atom stereocenters. The van der Waals surface area contributed by atoms with Crippen LogP contribution in [0.1, 0.15) is 15.3 Å². The first-order valence-electron chi connectivity index (χ1n) is 5.80. The molecule has 0 spiro atoms. The molecule has 0 radical (unpaired) electrons. The third kappa shape index (κ3) is 3.45. The number of nitrogens with one attached hydrogen (secondary N) is 1. The lowest BCUT2D eigenvalue weighted by molar-refractivity contribution is 0.417. The van der Waals surface area contributed by atoms with E-state index in [2.05, 4.69) is 5.32 Å². The van der Waals surface area contributed by atoms with Gasteiger partial charge in [0.1, 0.15) is 5.75 Å². The van der Waals surface area contributed by atoms with Gasteiger partial charge in [-0.05, 0) is 42.9 Å². The van der Waals surface area contributed by atoms with Crippen molar-refractivity contribution in [1.29, 1.82) is 0 Å². The zero-order chi connectivity index (χ0) is 13.8. The molecule has 2 rings (SSSR count). The van der Waals surface area contributed by atoms with Gasteiger partial charge >= 0.3 is 0 Å². The van der Waals surface area contributed by atoms with Crippen LogP contribution in [0.3, 0.4) is 0 Å². The van der Waals surface area contributed by atoms with Gasteiger partial charge in [0.05, 0.1) is 12.0 Å². The summed E-state index contributed by atoms with van der Waals surface area (Å²) in [5.74, 6) is 0.280. The first-order valence-corrected chi connectivity index (χ1v) is 7.03. The summed E-state index contributed by atoms with van der Waals surface area (Å²) in [6.45, 7) is 2.70. The van der Waals surface area contributed by atoms with Gasteiger partial charge in [0.15, 0.2) is 0 Å². The van der Waals surface area contributed by atoms with E-state index in [4.69, 9.17) is 17.0 Å². The highest BCUT2D eigenvalue weighted by Gasteiger charge is 2.09. The molecule has 0 aliphatic carbocycles. The quantitative estimate of drug-likeness (QED) is 0.844. The molecule has 0 fully saturated rings. The fourth-order valence-electron chi connectivity index (χ4n) is 1.72. The highest BCUT2D eigenvalue weighted by Crippen LogP contribution is 2.27. The van der Waals surface area contributed by atoms with Crippen LogP contribution in [0.25, 0.3) is 0 Å². The highest BCUT2D eigenvalue weighted by atomic mass is 32.1. The molecular weight excluding hydrogens is 278 g/mol. The van der Waals surface area contributed by atoms with E-state index in [9.17, 15) is 5.11 Å². The predicted molar refractivity (Wildman–Crippen MR) is 83.2 cm³/mol. The maximum Gasteiger partial charge on any atom is 0.201 e. The lowest BCUT2D eigenvalue weighted by Gasteiger charge is -2.05. The van der Waals surface area contributed by atoms with E-state index < -0.39 is 0 Å². The number of anilines is 1. The molecule has 0 bridgehead atoms. The average Bonchev–Trinajstić information content (AvgIpc) is 2.77. The first kappa shape index (κ1) is 13.8. The smallest absolute Gasteiger partial charge is 0.201 e. The Hall–Kier alpha value is -1.59. The molecule has 1 aromatic heterocycles. The number of phenols is 1. The Morgan fingerprint density at radius 1 is 1.42 bits per heavy atom. The van der Waals surface area contributed by atoms with Crippen molar-refractivity contribution in [3.8, 4) is 5.75 Å². The summed E-state index contributed by atoms with van der Waals surface area (Å²) < 4.78 is 5.06. The maximum atomic E-state index is 9.41. The number of thiocarbonyl (C=S) groups is 1. The van der Waals surface area contributed by atoms with Crippen LogP contribution in [0.5, 0.6) is 5.75 Å². The molecule has 0 saturated heterocycles. The summed E-state index contributed by atoms with van der Waals surface area (Å²) in [6.07, 6.45) is 0. The molecule has 0 aliphatic rings. The van der Waals surface area contributed by atoms with E-state index in [0.717, 1.165) is 21.0 Å². The largest absolute Gasteiger partial charge is 0.508 e. The first-order chi connectivity index (χ1) is 9.10. The number of aryl methyl sites for hydroxylation is 1. The zero-order valence-electron chi connectivity index (χ0n) is 10.8. The number of hydrogen-bond acceptors (Lipinski definition) is 5. The number of aromatic hydroxyl groups is 1. The van der Waals surface area contributed by atoms with Gasteiger partial charge < -0.3 is 15.2 Å². The second kappa shape index (κ2) is 6.04. The molecule has 0 unspecified atom stereocenters. The Labute approximate surface area is 121 Å². The van der Waals surface area contributed by atoms with Crippen molar-refractivity contribution in [2.75, 3.05) is 12.4 Å². The molecule has 0 aliphatic heterocycles. The summed E-state index contributed by atoms with van der Waals surface area (Å²) in [5.41, 5.74) is 2.07. The van der Waals surface area contributed by atoms with Crippen LogP contribution in [-0.2, 0) is 11.3 Å². The van der Waals surface area contributed by atoms with E-state index in [1.54, 1.807) is 30.6 Å². The minimum Gasteiger partial charge on any atom is -0.508 e. The lowest BCUT2D eigenvalue weighted by atomic mass is 10.2. The molecule has 1 aromatic carbocycles. The number of thiophene rings is 1. The number of rotatable bonds is 4. The average molecular weight is 293 g/mol. The molecule has 0 amide bonds. The number of phenolic OH excluding ortho intramolecular Hbond substituents is 1. The summed E-state index contributed by atoms with van der Waals surface area (Å²) in [7, 11) is 1.58. The van der Waals surface area contributed by atoms with Crippen LogP contribution in [0, 0.1) is 6.92 Å². The molecule has 19 heavy (non-hydrogen) atoms. The minimum atomic E-state index is 0.280. The fourth-order valence-corrected chi connectivity index (χ4v) is 2.82. The van der Waals surface area contributed by atoms with Crippen molar-refractivity contribution in [2.24, 2.45) is 0 Å². The van der Waals surface area contributed by atoms with E-state index in [1.807, 2.05) is 25.1 Å². The van der Waals surface area contributed by atoms with Gasteiger partial charge in [-0.2, -0.15) is 0 Å². The Morgan fingerprint density at radius 3 is 2.89 bits per heavy atom. The van der Waals surface area contributed by atoms with Crippen molar-refractivity contribution < 1.29 is 9.84 Å². The Kier molecular flexibility index (Phi) is 4.39. The predicted octanol–water partition coefficient (Wildman–Crippen LogP) is 3.70. The number of methoxy groups -OCH3 is 1. The third-order valence-corrected chi connectivity index (χ3v) is 4.26. The van der Waals surface area contributed by atoms with E-state index >= 15 is 0 Å². The number of hydrogen-bond donors (Lipinski definition) is 2. The van der Waals surface area contributed by atoms with Gasteiger partial charge in [-0.15, -0.1) is 11.3 Å². The van der Waals surface area contributed by atoms with Crippen molar-refractivity contribution in [2.45, 2.75) is 13.5 Å². The normalized spacial score (nSPS) is 10.2. The van der Waals surface area contributed by atoms with Crippen LogP contribution < -0.4 is 5.32 Å². The third-order valence-electron chi connectivity index (χ3n) is 2.70. The summed E-state index contributed by atoms with van der Waals surface area (Å²) in [4.78, 5) is 2.11. The summed E-state index contributed by atoms with van der Waals surface area (Å²) in [6, 6.07) is 9.20. The fraction of sp³-hybridized carbons (Fsp3) is 0.214. The van der Waals surface area contributed by atoms with Gasteiger partial charge in [0.25, 0.3) is 0 Å². The standard InChI is InChI=1S/C14H15NO2S2/c1-9-12(7-13(19-9)14(18)17-2)15-8-10-4-3-5-11(16)6-10/h3-7,15-16H,8H2,1-2H3. The topological polar surface area (TPSA) is 41.5 Å². The van der Waals surface area contributed by atoms with E-state index in [1.165, 1.54) is 0 Å². The van der Waals surface area contributed by atoms with Crippen LogP contribution in [0.4, 0.5) is 5.69 Å². The minimum absolute atomic E-state index is 0.280. The molecular formula is C14H15NO2S2. The molecule has 0 saturated carbocycles. The molecule has 2 N–H and O–H groups in total. The highest BCUT2D eigenvalue weighted by molar-refractivity contribution is 7.80. The zero-order valence-corrected chi connectivity index (χ0v) is 12.4. The van der Waals surface area contributed by atoms with Gasteiger partial charge in [-0.25, -0.2) is 0 Å². The monoisotopic (exact) mass is 293 g/mol. The molecule has 5 heteroatoms. The van der Waals surface area contributed by atoms with E-state index in [-0.39, 0.29) is 5.75 Å². The van der Waals surface area contributed by atoms with Crippen molar-refractivity contribution >= 4 is 34.3 Å². The molecule has 1 heterocycles. The van der Waals surface area contributed by atoms with Gasteiger partial charge in [0.2, 0.25) is 5.05 Å². The maximum absolute atomic E-state index is 9.41. The van der Waals surface area contributed by atoms with Gasteiger partial charge in [-0.1, -0.05) is 12.1 Å². The molecule has 3 nitrogen and oxygen atoms in total. The van der Waals surface area contributed by atoms with Gasteiger partial charge in [-0.3, -0.25) is 0 Å². The second-order valence-electron chi connectivity index (χ2n) is 4.10. The lowest BCUT2D eigenvalue weighted by Crippen LogP contribution is -1.99. The summed E-state index contributed by atoms with van der Waals surface area (Å²) >= 11 is 6.72.